The lowest BCUT2D eigenvalue weighted by molar-refractivity contribution is 0.355. The van der Waals surface area contributed by atoms with Gasteiger partial charge in [0.05, 0.1) is 26.2 Å². The molecule has 3 rings (SSSR count). The molecule has 7 heteroatoms. The molecule has 0 fully saturated rings. The Morgan fingerprint density at radius 2 is 2.04 bits per heavy atom. The normalized spacial score (nSPS) is 11.0. The van der Waals surface area contributed by atoms with Crippen LogP contribution in [0.4, 0.5) is 0 Å². The Labute approximate surface area is 143 Å². The predicted octanol–water partition coefficient (Wildman–Crippen LogP) is 2.78. The number of nitrogens with zero attached hydrogens (tertiary/aromatic N) is 1. The van der Waals surface area contributed by atoms with Crippen molar-refractivity contribution in [2.75, 3.05) is 20.8 Å². The van der Waals surface area contributed by atoms with Crippen LogP contribution in [0.2, 0.25) is 0 Å². The van der Waals surface area contributed by atoms with Crippen LogP contribution in [0.5, 0.6) is 11.5 Å². The minimum atomic E-state index is -0.126. The van der Waals surface area contributed by atoms with Gasteiger partial charge in [0.2, 0.25) is 0 Å². The van der Waals surface area contributed by atoms with Crippen LogP contribution in [0.15, 0.2) is 28.4 Å². The first-order valence-electron chi connectivity index (χ1n) is 7.61. The molecule has 0 aliphatic rings. The van der Waals surface area contributed by atoms with Crippen LogP contribution in [0, 0.1) is 0 Å². The molecule has 126 valence electrons. The minimum absolute atomic E-state index is 0.126. The summed E-state index contributed by atoms with van der Waals surface area (Å²) in [5, 5.41) is 5.72. The number of aromatic amines is 1. The van der Waals surface area contributed by atoms with E-state index in [-0.39, 0.29) is 5.56 Å². The molecule has 0 bridgehead atoms. The second-order valence-electron chi connectivity index (χ2n) is 5.19. The molecule has 0 spiro atoms. The van der Waals surface area contributed by atoms with Crippen molar-refractivity contribution in [2.24, 2.45) is 0 Å². The summed E-state index contributed by atoms with van der Waals surface area (Å²) in [6, 6.07) is 5.61. The highest BCUT2D eigenvalue weighted by Gasteiger charge is 2.14. The fraction of sp³-hybridized carbons (Fsp3) is 0.294. The number of methoxy groups -OCH3 is 2. The maximum Gasteiger partial charge on any atom is 0.260 e. The van der Waals surface area contributed by atoms with E-state index in [2.05, 4.69) is 15.3 Å². The van der Waals surface area contributed by atoms with Gasteiger partial charge < -0.3 is 19.8 Å². The number of hydrogen-bond donors (Lipinski definition) is 2. The molecule has 24 heavy (non-hydrogen) atoms. The van der Waals surface area contributed by atoms with Crippen molar-refractivity contribution in [2.45, 2.75) is 13.5 Å². The smallest absolute Gasteiger partial charge is 0.260 e. The molecule has 3 aromatic rings. The minimum Gasteiger partial charge on any atom is -0.493 e. The highest BCUT2D eigenvalue weighted by molar-refractivity contribution is 7.17. The maximum absolute atomic E-state index is 12.5. The zero-order valence-corrected chi connectivity index (χ0v) is 14.6. The molecule has 0 saturated carbocycles. The Morgan fingerprint density at radius 1 is 1.25 bits per heavy atom. The third kappa shape index (κ3) is 3.00. The molecule has 0 aliphatic carbocycles. The molecule has 0 aliphatic heterocycles. The van der Waals surface area contributed by atoms with E-state index in [1.807, 2.05) is 30.5 Å². The molecule has 0 atom stereocenters. The topological polar surface area (TPSA) is 76.2 Å². The number of H-pyrrole nitrogens is 1. The molecule has 2 N–H and O–H groups in total. The molecule has 0 radical (unpaired) electrons. The van der Waals surface area contributed by atoms with Gasteiger partial charge in [-0.1, -0.05) is 13.0 Å². The van der Waals surface area contributed by atoms with E-state index in [1.165, 1.54) is 11.3 Å². The van der Waals surface area contributed by atoms with Crippen LogP contribution in [0.1, 0.15) is 12.7 Å². The SMILES string of the molecule is CCNCc1nc2scc(-c3ccc(OC)c(OC)c3)c2c(=O)[nH]1. The zero-order valence-electron chi connectivity index (χ0n) is 13.8. The maximum atomic E-state index is 12.5. The van der Waals surface area contributed by atoms with Crippen LogP contribution >= 0.6 is 11.3 Å². The fourth-order valence-electron chi connectivity index (χ4n) is 2.54. The van der Waals surface area contributed by atoms with Crippen molar-refractivity contribution < 1.29 is 9.47 Å². The van der Waals surface area contributed by atoms with E-state index in [1.54, 1.807) is 14.2 Å². The molecule has 0 saturated heterocycles. The Kier molecular flexibility index (Phi) is 4.82. The molecule has 0 amide bonds. The lowest BCUT2D eigenvalue weighted by Crippen LogP contribution is -2.18. The first-order valence-corrected chi connectivity index (χ1v) is 8.49. The molecule has 1 aromatic carbocycles. The van der Waals surface area contributed by atoms with Crippen LogP contribution in [-0.4, -0.2) is 30.7 Å². The number of thiophene rings is 1. The standard InChI is InChI=1S/C17H19N3O3S/c1-4-18-8-14-19-16(21)15-11(9-24-17(15)20-14)10-5-6-12(22-2)13(7-10)23-3/h5-7,9,18H,4,8H2,1-3H3,(H,19,20,21). The average molecular weight is 345 g/mol. The van der Waals surface area contributed by atoms with E-state index in [4.69, 9.17) is 9.47 Å². The van der Waals surface area contributed by atoms with Crippen molar-refractivity contribution >= 4 is 21.6 Å². The first-order chi connectivity index (χ1) is 11.7. The molecular formula is C17H19N3O3S. The summed E-state index contributed by atoms with van der Waals surface area (Å²) in [6.45, 7) is 3.38. The quantitative estimate of drug-likeness (QED) is 0.718. The second-order valence-corrected chi connectivity index (χ2v) is 6.05. The van der Waals surface area contributed by atoms with Gasteiger partial charge in [-0.25, -0.2) is 4.98 Å². The van der Waals surface area contributed by atoms with E-state index < -0.39 is 0 Å². The van der Waals surface area contributed by atoms with Gasteiger partial charge in [-0.2, -0.15) is 0 Å². The van der Waals surface area contributed by atoms with Crippen LogP contribution in [0.25, 0.3) is 21.3 Å². The molecule has 2 aromatic heterocycles. The van der Waals surface area contributed by atoms with Crippen molar-refractivity contribution in [1.29, 1.82) is 0 Å². The number of ether oxygens (including phenoxy) is 2. The lowest BCUT2D eigenvalue weighted by atomic mass is 10.1. The van der Waals surface area contributed by atoms with Crippen molar-refractivity contribution in [3.63, 3.8) is 0 Å². The van der Waals surface area contributed by atoms with Gasteiger partial charge in [0.15, 0.2) is 11.5 Å². The Hall–Kier alpha value is -2.38. The Balaban J connectivity index is 2.09. The molecule has 2 heterocycles. The molecule has 6 nitrogen and oxygen atoms in total. The van der Waals surface area contributed by atoms with Crippen molar-refractivity contribution in [1.82, 2.24) is 15.3 Å². The summed E-state index contributed by atoms with van der Waals surface area (Å²) in [5.74, 6) is 1.93. The summed E-state index contributed by atoms with van der Waals surface area (Å²) in [6.07, 6.45) is 0. The number of hydrogen-bond acceptors (Lipinski definition) is 6. The number of aromatic nitrogens is 2. The van der Waals surface area contributed by atoms with Crippen molar-refractivity contribution in [3.05, 3.63) is 39.8 Å². The summed E-state index contributed by atoms with van der Waals surface area (Å²) in [4.78, 5) is 20.7. The fourth-order valence-corrected chi connectivity index (χ4v) is 3.50. The highest BCUT2D eigenvalue weighted by atomic mass is 32.1. The monoisotopic (exact) mass is 345 g/mol. The van der Waals surface area contributed by atoms with Gasteiger partial charge in [0.25, 0.3) is 5.56 Å². The van der Waals surface area contributed by atoms with Gasteiger partial charge in [-0.3, -0.25) is 4.79 Å². The van der Waals surface area contributed by atoms with Gasteiger partial charge in [-0.05, 0) is 24.2 Å². The van der Waals surface area contributed by atoms with Gasteiger partial charge in [0.1, 0.15) is 10.7 Å². The Morgan fingerprint density at radius 3 is 2.75 bits per heavy atom. The lowest BCUT2D eigenvalue weighted by Gasteiger charge is -2.09. The number of nitrogens with one attached hydrogen (secondary N) is 2. The van der Waals surface area contributed by atoms with Gasteiger partial charge >= 0.3 is 0 Å². The first kappa shape index (κ1) is 16.5. The van der Waals surface area contributed by atoms with E-state index >= 15 is 0 Å². The van der Waals surface area contributed by atoms with Gasteiger partial charge in [-0.15, -0.1) is 11.3 Å². The third-order valence-corrected chi connectivity index (χ3v) is 4.60. The Bertz CT molecular complexity index is 917. The van der Waals surface area contributed by atoms with Crippen LogP contribution < -0.4 is 20.3 Å². The van der Waals surface area contributed by atoms with E-state index in [9.17, 15) is 4.79 Å². The number of fused-ring (bicyclic) bond motifs is 1. The van der Waals surface area contributed by atoms with Crippen LogP contribution in [-0.2, 0) is 6.54 Å². The zero-order chi connectivity index (χ0) is 17.1. The summed E-state index contributed by atoms with van der Waals surface area (Å²) < 4.78 is 10.6. The highest BCUT2D eigenvalue weighted by Crippen LogP contribution is 2.36. The predicted molar refractivity (Wildman–Crippen MR) is 96.2 cm³/mol. The van der Waals surface area contributed by atoms with Gasteiger partial charge in [0, 0.05) is 10.9 Å². The number of rotatable bonds is 6. The third-order valence-electron chi connectivity index (χ3n) is 3.73. The van der Waals surface area contributed by atoms with E-state index in [0.717, 1.165) is 22.5 Å². The van der Waals surface area contributed by atoms with Crippen molar-refractivity contribution in [3.8, 4) is 22.6 Å². The molecular weight excluding hydrogens is 326 g/mol. The summed E-state index contributed by atoms with van der Waals surface area (Å²) >= 11 is 1.46. The average Bonchev–Trinajstić information content (AvgIpc) is 3.03. The summed E-state index contributed by atoms with van der Waals surface area (Å²) in [5.41, 5.74) is 1.62. The second kappa shape index (κ2) is 7.02. The molecule has 0 unspecified atom stereocenters. The largest absolute Gasteiger partial charge is 0.493 e. The number of benzene rings is 1. The summed E-state index contributed by atoms with van der Waals surface area (Å²) in [7, 11) is 3.19. The van der Waals surface area contributed by atoms with E-state index in [0.29, 0.717) is 29.3 Å². The van der Waals surface area contributed by atoms with Crippen LogP contribution in [0.3, 0.4) is 0 Å².